The van der Waals surface area contributed by atoms with E-state index >= 15 is 0 Å². The van der Waals surface area contributed by atoms with Crippen LogP contribution in [0.25, 0.3) is 0 Å². The highest BCUT2D eigenvalue weighted by atomic mass is 32.2. The number of rotatable bonds is 6. The monoisotopic (exact) mass is 256 g/mol. The van der Waals surface area contributed by atoms with Crippen LogP contribution in [0.5, 0.6) is 0 Å². The van der Waals surface area contributed by atoms with Crippen molar-refractivity contribution in [3.8, 4) is 0 Å². The average molecular weight is 256 g/mol. The Kier molecular flexibility index (Phi) is 5.48. The van der Waals surface area contributed by atoms with E-state index < -0.39 is 0 Å². The quantitative estimate of drug-likeness (QED) is 0.755. The second kappa shape index (κ2) is 6.65. The molecule has 6 heteroatoms. The number of thiocarbonyl (C=S) groups is 1. The minimum absolute atomic E-state index is 0.293. The van der Waals surface area contributed by atoms with Crippen LogP contribution < -0.4 is 11.1 Å². The number of anilines is 1. The maximum Gasteiger partial charge on any atom is 0.223 e. The highest BCUT2D eigenvalue weighted by Crippen LogP contribution is 2.07. The van der Waals surface area contributed by atoms with Gasteiger partial charge in [0.15, 0.2) is 0 Å². The molecule has 1 aromatic rings. The molecule has 0 aliphatic rings. The Labute approximate surface area is 105 Å². The van der Waals surface area contributed by atoms with E-state index in [1.54, 1.807) is 12.3 Å². The molecule has 0 spiro atoms. The molecule has 1 aromatic heterocycles. The summed E-state index contributed by atoms with van der Waals surface area (Å²) < 4.78 is 0. The Bertz CT molecular complexity index is 356. The van der Waals surface area contributed by atoms with Gasteiger partial charge in [-0.3, -0.25) is 0 Å². The second-order valence-electron chi connectivity index (χ2n) is 3.33. The maximum absolute atomic E-state index is 5.50. The topological polar surface area (TPSA) is 63.8 Å². The smallest absolute Gasteiger partial charge is 0.223 e. The van der Waals surface area contributed by atoms with E-state index in [0.29, 0.717) is 22.7 Å². The lowest BCUT2D eigenvalue weighted by Crippen LogP contribution is -2.21. The van der Waals surface area contributed by atoms with Crippen molar-refractivity contribution in [1.29, 1.82) is 0 Å². The van der Waals surface area contributed by atoms with Gasteiger partial charge in [-0.1, -0.05) is 19.1 Å². The number of hydrogen-bond donors (Lipinski definition) is 2. The van der Waals surface area contributed by atoms with Crippen molar-refractivity contribution in [2.45, 2.75) is 19.9 Å². The second-order valence-corrected chi connectivity index (χ2v) is 5.09. The summed E-state index contributed by atoms with van der Waals surface area (Å²) in [6.45, 7) is 4.24. The SMILES string of the molecule is CCSCC(C)Nc1nccc(C(N)=S)n1. The van der Waals surface area contributed by atoms with E-state index in [2.05, 4.69) is 29.1 Å². The summed E-state index contributed by atoms with van der Waals surface area (Å²) in [4.78, 5) is 8.64. The first kappa shape index (κ1) is 13.2. The van der Waals surface area contributed by atoms with Gasteiger partial charge >= 0.3 is 0 Å². The van der Waals surface area contributed by atoms with Crippen LogP contribution in [-0.4, -0.2) is 32.5 Å². The van der Waals surface area contributed by atoms with Gasteiger partial charge in [0.1, 0.15) is 10.7 Å². The van der Waals surface area contributed by atoms with Crippen LogP contribution in [0.2, 0.25) is 0 Å². The molecule has 1 heterocycles. The van der Waals surface area contributed by atoms with Crippen molar-refractivity contribution >= 4 is 34.9 Å². The molecular formula is C10H16N4S2. The third kappa shape index (κ3) is 4.32. The van der Waals surface area contributed by atoms with E-state index in [1.165, 1.54) is 0 Å². The first-order chi connectivity index (χ1) is 7.63. The van der Waals surface area contributed by atoms with Crippen molar-refractivity contribution < 1.29 is 0 Å². The van der Waals surface area contributed by atoms with Crippen LogP contribution in [0.3, 0.4) is 0 Å². The van der Waals surface area contributed by atoms with Crippen LogP contribution in [-0.2, 0) is 0 Å². The van der Waals surface area contributed by atoms with E-state index in [4.69, 9.17) is 18.0 Å². The first-order valence-electron chi connectivity index (χ1n) is 5.10. The third-order valence-electron chi connectivity index (χ3n) is 1.86. The van der Waals surface area contributed by atoms with Gasteiger partial charge in [-0.25, -0.2) is 9.97 Å². The number of hydrogen-bond acceptors (Lipinski definition) is 5. The van der Waals surface area contributed by atoms with Crippen molar-refractivity contribution in [2.24, 2.45) is 5.73 Å². The Hall–Kier alpha value is -0.880. The molecule has 1 unspecified atom stereocenters. The molecule has 0 amide bonds. The van der Waals surface area contributed by atoms with Crippen LogP contribution >= 0.6 is 24.0 Å². The fraction of sp³-hybridized carbons (Fsp3) is 0.500. The van der Waals surface area contributed by atoms with Gasteiger partial charge in [-0.05, 0) is 18.7 Å². The van der Waals surface area contributed by atoms with E-state index in [0.717, 1.165) is 11.5 Å². The molecule has 0 saturated carbocycles. The molecule has 0 aliphatic carbocycles. The Balaban J connectivity index is 2.59. The summed E-state index contributed by atoms with van der Waals surface area (Å²) in [5, 5.41) is 3.21. The van der Waals surface area contributed by atoms with Gasteiger partial charge in [0.2, 0.25) is 5.95 Å². The zero-order valence-corrected chi connectivity index (χ0v) is 11.1. The van der Waals surface area contributed by atoms with Crippen LogP contribution in [0.4, 0.5) is 5.95 Å². The predicted octanol–water partition coefficient (Wildman–Crippen LogP) is 1.66. The molecule has 3 N–H and O–H groups in total. The molecule has 0 radical (unpaired) electrons. The molecule has 4 nitrogen and oxygen atoms in total. The molecule has 0 bridgehead atoms. The first-order valence-corrected chi connectivity index (χ1v) is 6.67. The van der Waals surface area contributed by atoms with Gasteiger partial charge in [0.25, 0.3) is 0 Å². The summed E-state index contributed by atoms with van der Waals surface area (Å²) in [5.74, 6) is 2.71. The maximum atomic E-state index is 5.50. The standard InChI is InChI=1S/C10H16N4S2/c1-3-16-6-7(2)13-10-12-5-4-8(14-10)9(11)15/h4-5,7H,3,6H2,1-2H3,(H2,11,15)(H,12,13,14). The molecule has 0 saturated heterocycles. The van der Waals surface area contributed by atoms with E-state index in [9.17, 15) is 0 Å². The lowest BCUT2D eigenvalue weighted by molar-refractivity contribution is 0.885. The highest BCUT2D eigenvalue weighted by molar-refractivity contribution is 7.99. The molecule has 0 aromatic carbocycles. The fourth-order valence-corrected chi connectivity index (χ4v) is 1.91. The Morgan fingerprint density at radius 3 is 3.06 bits per heavy atom. The fourth-order valence-electron chi connectivity index (χ4n) is 1.12. The van der Waals surface area contributed by atoms with Crippen LogP contribution in [0.1, 0.15) is 19.5 Å². The largest absolute Gasteiger partial charge is 0.388 e. The predicted molar refractivity (Wildman–Crippen MR) is 74.0 cm³/mol. The van der Waals surface area contributed by atoms with Gasteiger partial charge in [0.05, 0.1) is 0 Å². The minimum Gasteiger partial charge on any atom is -0.388 e. The van der Waals surface area contributed by atoms with Crippen LogP contribution in [0.15, 0.2) is 12.3 Å². The van der Waals surface area contributed by atoms with E-state index in [1.807, 2.05) is 11.8 Å². The number of nitrogens with zero attached hydrogens (tertiary/aromatic N) is 2. The Morgan fingerprint density at radius 1 is 1.69 bits per heavy atom. The minimum atomic E-state index is 0.293. The van der Waals surface area contributed by atoms with Crippen molar-refractivity contribution in [3.63, 3.8) is 0 Å². The highest BCUT2D eigenvalue weighted by Gasteiger charge is 2.05. The van der Waals surface area contributed by atoms with E-state index in [-0.39, 0.29) is 0 Å². The zero-order chi connectivity index (χ0) is 12.0. The normalized spacial score (nSPS) is 12.1. The third-order valence-corrected chi connectivity index (χ3v) is 3.21. The summed E-state index contributed by atoms with van der Waals surface area (Å²) in [6, 6.07) is 2.03. The summed E-state index contributed by atoms with van der Waals surface area (Å²) in [5.41, 5.74) is 6.10. The number of thioether (sulfide) groups is 1. The van der Waals surface area contributed by atoms with Gasteiger partial charge in [-0.15, -0.1) is 0 Å². The summed E-state index contributed by atoms with van der Waals surface area (Å²) in [7, 11) is 0. The molecule has 1 atom stereocenters. The molecule has 88 valence electrons. The molecule has 1 rings (SSSR count). The summed E-state index contributed by atoms with van der Waals surface area (Å²) >= 11 is 6.74. The van der Waals surface area contributed by atoms with Gasteiger partial charge in [0, 0.05) is 18.0 Å². The average Bonchev–Trinajstić information content (AvgIpc) is 2.26. The van der Waals surface area contributed by atoms with Gasteiger partial charge in [-0.2, -0.15) is 11.8 Å². The lowest BCUT2D eigenvalue weighted by atomic mass is 10.4. The van der Waals surface area contributed by atoms with Crippen molar-refractivity contribution in [2.75, 3.05) is 16.8 Å². The van der Waals surface area contributed by atoms with Crippen molar-refractivity contribution in [1.82, 2.24) is 9.97 Å². The lowest BCUT2D eigenvalue weighted by Gasteiger charge is -2.13. The molecule has 0 aliphatic heterocycles. The molecule has 16 heavy (non-hydrogen) atoms. The number of nitrogens with one attached hydrogen (secondary N) is 1. The van der Waals surface area contributed by atoms with Gasteiger partial charge < -0.3 is 11.1 Å². The summed E-state index contributed by atoms with van der Waals surface area (Å²) in [6.07, 6.45) is 1.66. The molecular weight excluding hydrogens is 240 g/mol. The van der Waals surface area contributed by atoms with Crippen LogP contribution in [0, 0.1) is 0 Å². The Morgan fingerprint density at radius 2 is 2.44 bits per heavy atom. The molecule has 0 fully saturated rings. The van der Waals surface area contributed by atoms with Crippen molar-refractivity contribution in [3.05, 3.63) is 18.0 Å². The number of aromatic nitrogens is 2. The number of nitrogens with two attached hydrogens (primary N) is 1. The zero-order valence-electron chi connectivity index (χ0n) is 9.43.